The van der Waals surface area contributed by atoms with Crippen molar-refractivity contribution in [1.82, 2.24) is 4.72 Å². The fourth-order valence-corrected chi connectivity index (χ4v) is 4.46. The highest BCUT2D eigenvalue weighted by atomic mass is 32.2. The highest BCUT2D eigenvalue weighted by Crippen LogP contribution is 2.34. The van der Waals surface area contributed by atoms with Gasteiger partial charge in [0.2, 0.25) is 10.0 Å². The van der Waals surface area contributed by atoms with Gasteiger partial charge in [0.05, 0.1) is 17.6 Å². The number of methoxy groups -OCH3 is 1. The van der Waals surface area contributed by atoms with Crippen LogP contribution in [0.1, 0.15) is 28.8 Å². The molecule has 0 aliphatic carbocycles. The number of hydrogen-bond donors (Lipinski definition) is 1. The number of nitrogens with one attached hydrogen (secondary N) is 1. The van der Waals surface area contributed by atoms with Crippen molar-refractivity contribution in [3.63, 3.8) is 0 Å². The molecule has 150 valence electrons. The molecule has 0 atom stereocenters. The van der Waals surface area contributed by atoms with Crippen LogP contribution in [0.15, 0.2) is 53.4 Å². The number of benzene rings is 2. The van der Waals surface area contributed by atoms with Gasteiger partial charge in [-0.15, -0.1) is 0 Å². The first-order chi connectivity index (χ1) is 13.4. The summed E-state index contributed by atoms with van der Waals surface area (Å²) in [5.41, 5.74) is 0.680. The molecule has 3 rings (SSSR count). The first-order valence-electron chi connectivity index (χ1n) is 8.88. The molecule has 0 saturated carbocycles. The molecular formula is C20H22FNO5S. The number of carbonyl (C=O) groups excluding carboxylic acids is 1. The molecule has 1 N–H and O–H groups in total. The molecule has 1 aliphatic rings. The Morgan fingerprint density at radius 3 is 2.29 bits per heavy atom. The lowest BCUT2D eigenvalue weighted by atomic mass is 9.74. The van der Waals surface area contributed by atoms with E-state index in [0.29, 0.717) is 26.1 Å². The number of esters is 1. The van der Waals surface area contributed by atoms with E-state index in [0.717, 1.165) is 5.56 Å². The number of hydrogen-bond acceptors (Lipinski definition) is 5. The minimum atomic E-state index is -3.78. The van der Waals surface area contributed by atoms with Gasteiger partial charge >= 0.3 is 5.97 Å². The summed E-state index contributed by atoms with van der Waals surface area (Å²) in [4.78, 5) is 11.6. The molecule has 8 heteroatoms. The van der Waals surface area contributed by atoms with Crippen LogP contribution in [0, 0.1) is 5.82 Å². The third-order valence-corrected chi connectivity index (χ3v) is 6.51. The van der Waals surface area contributed by atoms with Gasteiger partial charge in [-0.25, -0.2) is 22.3 Å². The van der Waals surface area contributed by atoms with E-state index in [1.807, 2.05) is 0 Å². The minimum Gasteiger partial charge on any atom is -0.465 e. The van der Waals surface area contributed by atoms with Crippen LogP contribution in [0.2, 0.25) is 0 Å². The second-order valence-corrected chi connectivity index (χ2v) is 8.51. The van der Waals surface area contributed by atoms with Crippen molar-refractivity contribution in [3.8, 4) is 0 Å². The van der Waals surface area contributed by atoms with E-state index in [1.165, 1.54) is 43.5 Å². The van der Waals surface area contributed by atoms with Gasteiger partial charge in [0.15, 0.2) is 0 Å². The zero-order chi connectivity index (χ0) is 20.2. The van der Waals surface area contributed by atoms with Crippen LogP contribution in [-0.2, 0) is 24.9 Å². The van der Waals surface area contributed by atoms with Crippen molar-refractivity contribution in [2.75, 3.05) is 26.9 Å². The van der Waals surface area contributed by atoms with Crippen LogP contribution < -0.4 is 4.72 Å². The fraction of sp³-hybridized carbons (Fsp3) is 0.350. The molecular weight excluding hydrogens is 385 g/mol. The van der Waals surface area contributed by atoms with Gasteiger partial charge < -0.3 is 9.47 Å². The van der Waals surface area contributed by atoms with E-state index in [2.05, 4.69) is 9.46 Å². The molecule has 1 saturated heterocycles. The maximum Gasteiger partial charge on any atom is 0.337 e. The number of rotatable bonds is 6. The van der Waals surface area contributed by atoms with Gasteiger partial charge in [-0.3, -0.25) is 0 Å². The normalized spacial score (nSPS) is 16.5. The van der Waals surface area contributed by atoms with Crippen LogP contribution in [0.4, 0.5) is 4.39 Å². The van der Waals surface area contributed by atoms with Crippen LogP contribution in [0.25, 0.3) is 0 Å². The third-order valence-electron chi connectivity index (χ3n) is 5.09. The van der Waals surface area contributed by atoms with Gasteiger partial charge in [0.1, 0.15) is 5.82 Å². The molecule has 1 heterocycles. The Morgan fingerprint density at radius 1 is 1.11 bits per heavy atom. The summed E-state index contributed by atoms with van der Waals surface area (Å²) in [6.45, 7) is 1.18. The zero-order valence-electron chi connectivity index (χ0n) is 15.5. The van der Waals surface area contributed by atoms with E-state index in [4.69, 9.17) is 4.74 Å². The van der Waals surface area contributed by atoms with Gasteiger partial charge in [-0.05, 0) is 54.8 Å². The lowest BCUT2D eigenvalue weighted by Gasteiger charge is -2.37. The molecule has 0 radical (unpaired) electrons. The Balaban J connectivity index is 1.80. The van der Waals surface area contributed by atoms with Gasteiger partial charge in [0, 0.05) is 25.2 Å². The molecule has 28 heavy (non-hydrogen) atoms. The molecule has 0 amide bonds. The average Bonchev–Trinajstić information content (AvgIpc) is 2.73. The molecule has 0 spiro atoms. The summed E-state index contributed by atoms with van der Waals surface area (Å²) in [6, 6.07) is 11.7. The lowest BCUT2D eigenvalue weighted by Crippen LogP contribution is -2.44. The number of carbonyl (C=O) groups is 1. The monoisotopic (exact) mass is 407 g/mol. The summed E-state index contributed by atoms with van der Waals surface area (Å²) in [6.07, 6.45) is 1.25. The van der Waals surface area contributed by atoms with Crippen molar-refractivity contribution in [3.05, 3.63) is 65.5 Å². The first kappa shape index (κ1) is 20.4. The molecule has 0 aromatic heterocycles. The molecule has 2 aromatic carbocycles. The van der Waals surface area contributed by atoms with Crippen molar-refractivity contribution < 1.29 is 27.1 Å². The van der Waals surface area contributed by atoms with E-state index in [9.17, 15) is 17.6 Å². The van der Waals surface area contributed by atoms with E-state index in [-0.39, 0.29) is 22.8 Å². The maximum absolute atomic E-state index is 13.3. The molecule has 6 nitrogen and oxygen atoms in total. The minimum absolute atomic E-state index is 0.0569. The summed E-state index contributed by atoms with van der Waals surface area (Å²) < 4.78 is 51.5. The lowest BCUT2D eigenvalue weighted by molar-refractivity contribution is 0.0517. The Bertz CT molecular complexity index is 920. The summed E-state index contributed by atoms with van der Waals surface area (Å²) >= 11 is 0. The standard InChI is InChI=1S/C20H22FNO5S/c1-26-19(23)15-2-8-18(9-3-15)28(24,25)22-14-20(10-12-27-13-11-20)16-4-6-17(21)7-5-16/h2-9,22H,10-14H2,1H3. The highest BCUT2D eigenvalue weighted by Gasteiger charge is 2.35. The predicted octanol–water partition coefficient (Wildman–Crippen LogP) is 2.64. The molecule has 1 fully saturated rings. The van der Waals surface area contributed by atoms with Crippen molar-refractivity contribution in [2.45, 2.75) is 23.2 Å². The highest BCUT2D eigenvalue weighted by molar-refractivity contribution is 7.89. The largest absolute Gasteiger partial charge is 0.465 e. The van der Waals surface area contributed by atoms with Crippen LogP contribution >= 0.6 is 0 Å². The zero-order valence-corrected chi connectivity index (χ0v) is 16.3. The number of sulfonamides is 1. The number of halogens is 1. The second kappa shape index (κ2) is 8.38. The maximum atomic E-state index is 13.3. The van der Waals surface area contributed by atoms with Crippen LogP contribution in [0.5, 0.6) is 0 Å². The molecule has 0 bridgehead atoms. The van der Waals surface area contributed by atoms with Crippen molar-refractivity contribution >= 4 is 16.0 Å². The quantitative estimate of drug-likeness (QED) is 0.745. The third kappa shape index (κ3) is 4.40. The van der Waals surface area contributed by atoms with Crippen LogP contribution in [-0.4, -0.2) is 41.3 Å². The predicted molar refractivity (Wildman–Crippen MR) is 101 cm³/mol. The van der Waals surface area contributed by atoms with E-state index in [1.54, 1.807) is 12.1 Å². The summed E-state index contributed by atoms with van der Waals surface area (Å²) in [5.74, 6) is -0.869. The Labute approximate surface area is 163 Å². The Kier molecular flexibility index (Phi) is 6.12. The van der Waals surface area contributed by atoms with Crippen molar-refractivity contribution in [1.29, 1.82) is 0 Å². The summed E-state index contributed by atoms with van der Waals surface area (Å²) in [7, 11) is -2.52. The van der Waals surface area contributed by atoms with E-state index >= 15 is 0 Å². The smallest absolute Gasteiger partial charge is 0.337 e. The van der Waals surface area contributed by atoms with Gasteiger partial charge in [-0.2, -0.15) is 0 Å². The second-order valence-electron chi connectivity index (χ2n) is 6.74. The topological polar surface area (TPSA) is 81.7 Å². The van der Waals surface area contributed by atoms with Gasteiger partial charge in [-0.1, -0.05) is 12.1 Å². The van der Waals surface area contributed by atoms with Crippen LogP contribution in [0.3, 0.4) is 0 Å². The Morgan fingerprint density at radius 2 is 1.71 bits per heavy atom. The molecule has 0 unspecified atom stereocenters. The number of ether oxygens (including phenoxy) is 2. The average molecular weight is 407 g/mol. The Hall–Kier alpha value is -2.29. The first-order valence-corrected chi connectivity index (χ1v) is 10.4. The van der Waals surface area contributed by atoms with Gasteiger partial charge in [0.25, 0.3) is 0 Å². The fourth-order valence-electron chi connectivity index (χ4n) is 3.34. The van der Waals surface area contributed by atoms with Crippen molar-refractivity contribution in [2.24, 2.45) is 0 Å². The molecule has 1 aliphatic heterocycles. The SMILES string of the molecule is COC(=O)c1ccc(S(=O)(=O)NCC2(c3ccc(F)cc3)CCOCC2)cc1. The summed E-state index contributed by atoms with van der Waals surface area (Å²) in [5, 5.41) is 0. The molecule has 2 aromatic rings. The van der Waals surface area contributed by atoms with E-state index < -0.39 is 21.4 Å².